The van der Waals surface area contributed by atoms with E-state index in [1.807, 2.05) is 11.3 Å². The van der Waals surface area contributed by atoms with Crippen molar-refractivity contribution in [3.05, 3.63) is 20.3 Å². The molecule has 0 amide bonds. The van der Waals surface area contributed by atoms with E-state index in [4.69, 9.17) is 0 Å². The van der Waals surface area contributed by atoms with Crippen LogP contribution in [-0.4, -0.2) is 7.05 Å². The topological polar surface area (TPSA) is 12.0 Å². The van der Waals surface area contributed by atoms with E-state index in [1.165, 1.54) is 52.8 Å². The van der Waals surface area contributed by atoms with Crippen molar-refractivity contribution >= 4 is 27.3 Å². The van der Waals surface area contributed by atoms with E-state index in [-0.39, 0.29) is 0 Å². The highest BCUT2D eigenvalue weighted by molar-refractivity contribution is 9.11. The fraction of sp³-hybridized carbons (Fsp3) is 0.714. The smallest absolute Gasteiger partial charge is 0.0704 e. The fourth-order valence-corrected chi connectivity index (χ4v) is 4.73. The average molecular weight is 316 g/mol. The van der Waals surface area contributed by atoms with Gasteiger partial charge in [-0.25, -0.2) is 0 Å². The van der Waals surface area contributed by atoms with Crippen LogP contribution in [0.4, 0.5) is 0 Å². The van der Waals surface area contributed by atoms with Crippen molar-refractivity contribution in [2.75, 3.05) is 7.05 Å². The van der Waals surface area contributed by atoms with Gasteiger partial charge in [-0.05, 0) is 60.3 Å². The Bertz CT molecular complexity index is 355. The third-order valence-electron chi connectivity index (χ3n) is 3.99. The summed E-state index contributed by atoms with van der Waals surface area (Å²) in [5.74, 6) is 0.994. The maximum Gasteiger partial charge on any atom is 0.0704 e. The summed E-state index contributed by atoms with van der Waals surface area (Å²) in [4.78, 5) is 1.45. The molecule has 0 spiro atoms. The van der Waals surface area contributed by atoms with E-state index in [0.29, 0.717) is 6.04 Å². The quantitative estimate of drug-likeness (QED) is 0.801. The summed E-state index contributed by atoms with van der Waals surface area (Å²) < 4.78 is 1.26. The molecular weight excluding hydrogens is 294 g/mol. The summed E-state index contributed by atoms with van der Waals surface area (Å²) in [5.41, 5.74) is 1.49. The van der Waals surface area contributed by atoms with Crippen LogP contribution < -0.4 is 5.32 Å². The minimum absolute atomic E-state index is 0.540. The molecule has 0 bridgehead atoms. The molecule has 1 N–H and O–H groups in total. The van der Waals surface area contributed by atoms with Gasteiger partial charge in [-0.1, -0.05) is 25.7 Å². The molecule has 0 saturated heterocycles. The largest absolute Gasteiger partial charge is 0.313 e. The molecule has 2 rings (SSSR count). The Kier molecular flexibility index (Phi) is 5.07. The Labute approximate surface area is 117 Å². The number of nitrogens with one attached hydrogen (secondary N) is 1. The van der Waals surface area contributed by atoms with Crippen LogP contribution in [0.25, 0.3) is 0 Å². The Morgan fingerprint density at radius 2 is 2.18 bits per heavy atom. The van der Waals surface area contributed by atoms with Gasteiger partial charge in [0.2, 0.25) is 0 Å². The lowest BCUT2D eigenvalue weighted by Crippen LogP contribution is -2.17. The van der Waals surface area contributed by atoms with Gasteiger partial charge in [-0.2, -0.15) is 0 Å². The highest BCUT2D eigenvalue weighted by Crippen LogP contribution is 2.35. The number of hydrogen-bond donors (Lipinski definition) is 1. The van der Waals surface area contributed by atoms with Crippen LogP contribution in [0.15, 0.2) is 9.85 Å². The molecule has 1 nitrogen and oxygen atoms in total. The number of aryl methyl sites for hydroxylation is 1. The first-order chi connectivity index (χ1) is 8.20. The molecule has 1 aromatic rings. The zero-order valence-electron chi connectivity index (χ0n) is 10.8. The normalized spacial score (nSPS) is 18.8. The summed E-state index contributed by atoms with van der Waals surface area (Å²) in [7, 11) is 2.09. The van der Waals surface area contributed by atoms with Gasteiger partial charge in [0.15, 0.2) is 0 Å². The highest BCUT2D eigenvalue weighted by Gasteiger charge is 2.19. The van der Waals surface area contributed by atoms with E-state index in [2.05, 4.69) is 41.3 Å². The first-order valence-electron chi connectivity index (χ1n) is 6.63. The first-order valence-corrected chi connectivity index (χ1v) is 8.24. The molecule has 0 radical (unpaired) electrons. The van der Waals surface area contributed by atoms with Crippen LogP contribution in [-0.2, 0) is 0 Å². The van der Waals surface area contributed by atoms with Crippen molar-refractivity contribution in [2.45, 2.75) is 51.5 Å². The maximum atomic E-state index is 3.59. The second-order valence-corrected chi connectivity index (χ2v) is 7.77. The highest BCUT2D eigenvalue weighted by atomic mass is 79.9. The summed E-state index contributed by atoms with van der Waals surface area (Å²) >= 11 is 5.44. The Morgan fingerprint density at radius 3 is 2.71 bits per heavy atom. The molecule has 1 aliphatic rings. The SMILES string of the molecule is CNC(CCC1CCCC1)c1cc(Br)sc1C. The molecule has 1 saturated carbocycles. The van der Waals surface area contributed by atoms with Crippen molar-refractivity contribution in [1.29, 1.82) is 0 Å². The molecule has 0 aliphatic heterocycles. The predicted molar refractivity (Wildman–Crippen MR) is 79.7 cm³/mol. The van der Waals surface area contributed by atoms with Crippen LogP contribution in [0.1, 0.15) is 55.0 Å². The second kappa shape index (κ2) is 6.35. The van der Waals surface area contributed by atoms with Crippen molar-refractivity contribution in [3.63, 3.8) is 0 Å². The van der Waals surface area contributed by atoms with Crippen LogP contribution in [0.5, 0.6) is 0 Å². The molecule has 1 atom stereocenters. The first kappa shape index (κ1) is 13.6. The molecule has 0 aromatic carbocycles. The van der Waals surface area contributed by atoms with Crippen LogP contribution in [0.2, 0.25) is 0 Å². The lowest BCUT2D eigenvalue weighted by atomic mass is 9.95. The average Bonchev–Trinajstić information content (AvgIpc) is 2.90. The van der Waals surface area contributed by atoms with Gasteiger partial charge >= 0.3 is 0 Å². The van der Waals surface area contributed by atoms with Gasteiger partial charge in [-0.3, -0.25) is 0 Å². The second-order valence-electron chi connectivity index (χ2n) is 5.13. The summed E-state index contributed by atoms with van der Waals surface area (Å²) in [6.45, 7) is 2.23. The fourth-order valence-electron chi connectivity index (χ4n) is 2.96. The van der Waals surface area contributed by atoms with Gasteiger partial charge in [-0.15, -0.1) is 11.3 Å². The van der Waals surface area contributed by atoms with E-state index >= 15 is 0 Å². The molecule has 1 fully saturated rings. The molecule has 17 heavy (non-hydrogen) atoms. The summed E-state index contributed by atoms with van der Waals surface area (Å²) in [6.07, 6.45) is 8.50. The standard InChI is InChI=1S/C14H22BrNS/c1-10-12(9-14(15)17-10)13(16-2)8-7-11-5-3-4-6-11/h9,11,13,16H,3-8H2,1-2H3. The molecular formula is C14H22BrNS. The van der Waals surface area contributed by atoms with Crippen molar-refractivity contribution in [1.82, 2.24) is 5.32 Å². The lowest BCUT2D eigenvalue weighted by molar-refractivity contribution is 0.427. The number of hydrogen-bond acceptors (Lipinski definition) is 2. The Balaban J connectivity index is 1.93. The van der Waals surface area contributed by atoms with Crippen molar-refractivity contribution < 1.29 is 0 Å². The molecule has 1 heterocycles. The third-order valence-corrected chi connectivity index (χ3v) is 5.56. The molecule has 1 aliphatic carbocycles. The number of rotatable bonds is 5. The van der Waals surface area contributed by atoms with Gasteiger partial charge in [0.25, 0.3) is 0 Å². The minimum atomic E-state index is 0.540. The van der Waals surface area contributed by atoms with E-state index in [1.54, 1.807) is 0 Å². The van der Waals surface area contributed by atoms with Crippen LogP contribution >= 0.6 is 27.3 Å². The predicted octanol–water partition coefficient (Wildman–Crippen LogP) is 5.05. The van der Waals surface area contributed by atoms with Gasteiger partial charge in [0, 0.05) is 10.9 Å². The summed E-state index contributed by atoms with van der Waals surface area (Å²) in [6, 6.07) is 2.83. The van der Waals surface area contributed by atoms with Crippen LogP contribution in [0.3, 0.4) is 0 Å². The van der Waals surface area contributed by atoms with Crippen LogP contribution in [0, 0.1) is 12.8 Å². The monoisotopic (exact) mass is 315 g/mol. The van der Waals surface area contributed by atoms with E-state index < -0.39 is 0 Å². The van der Waals surface area contributed by atoms with Gasteiger partial charge in [0.05, 0.1) is 3.79 Å². The molecule has 1 aromatic heterocycles. The van der Waals surface area contributed by atoms with Crippen molar-refractivity contribution in [3.8, 4) is 0 Å². The molecule has 1 unspecified atom stereocenters. The van der Waals surface area contributed by atoms with Crippen molar-refractivity contribution in [2.24, 2.45) is 5.92 Å². The maximum absolute atomic E-state index is 3.59. The minimum Gasteiger partial charge on any atom is -0.313 e. The number of halogens is 1. The Morgan fingerprint density at radius 1 is 1.47 bits per heavy atom. The zero-order valence-corrected chi connectivity index (χ0v) is 13.2. The summed E-state index contributed by atoms with van der Waals surface area (Å²) in [5, 5.41) is 3.48. The third kappa shape index (κ3) is 3.55. The molecule has 96 valence electrons. The zero-order chi connectivity index (χ0) is 12.3. The van der Waals surface area contributed by atoms with E-state index in [0.717, 1.165) is 5.92 Å². The van der Waals surface area contributed by atoms with Gasteiger partial charge < -0.3 is 5.32 Å². The Hall–Kier alpha value is 0.140. The molecule has 3 heteroatoms. The van der Waals surface area contributed by atoms with Gasteiger partial charge in [0.1, 0.15) is 0 Å². The van der Waals surface area contributed by atoms with E-state index in [9.17, 15) is 0 Å². The lowest BCUT2D eigenvalue weighted by Gasteiger charge is -2.18. The number of thiophene rings is 1.